The van der Waals surface area contributed by atoms with Gasteiger partial charge in [-0.2, -0.15) is 0 Å². The summed E-state index contributed by atoms with van der Waals surface area (Å²) in [5.74, 6) is 0.839. The third-order valence-corrected chi connectivity index (χ3v) is 10.1. The average Bonchev–Trinajstić information content (AvgIpc) is 3.47. The molecular formula is C40H23N3S. The van der Waals surface area contributed by atoms with Crippen molar-refractivity contribution in [3.05, 3.63) is 140 Å². The first-order valence-corrected chi connectivity index (χ1v) is 15.7. The number of rotatable bonds is 2. The van der Waals surface area contributed by atoms with E-state index in [1.165, 1.54) is 52.8 Å². The first-order valence-electron chi connectivity index (χ1n) is 14.8. The van der Waals surface area contributed by atoms with E-state index >= 15 is 0 Å². The van der Waals surface area contributed by atoms with Gasteiger partial charge in [0.25, 0.3) is 0 Å². The highest BCUT2D eigenvalue weighted by Crippen LogP contribution is 2.54. The molecule has 0 bridgehead atoms. The molecule has 0 spiro atoms. The zero-order valence-corrected chi connectivity index (χ0v) is 24.3. The number of anilines is 3. The first kappa shape index (κ1) is 23.9. The van der Waals surface area contributed by atoms with Crippen molar-refractivity contribution >= 4 is 81.3 Å². The summed E-state index contributed by atoms with van der Waals surface area (Å²) < 4.78 is 2.53. The van der Waals surface area contributed by atoms with Gasteiger partial charge in [0.05, 0.1) is 22.4 Å². The molecule has 3 heterocycles. The van der Waals surface area contributed by atoms with Gasteiger partial charge in [-0.1, -0.05) is 109 Å². The number of benzene rings is 7. The quantitative estimate of drug-likeness (QED) is 0.205. The van der Waals surface area contributed by atoms with E-state index in [1.807, 2.05) is 23.5 Å². The second kappa shape index (κ2) is 8.96. The molecule has 0 aliphatic carbocycles. The number of thiophene rings is 1. The van der Waals surface area contributed by atoms with Gasteiger partial charge in [0.2, 0.25) is 0 Å². The Bertz CT molecular complexity index is 2630. The highest BCUT2D eigenvalue weighted by molar-refractivity contribution is 7.25. The predicted molar refractivity (Wildman–Crippen MR) is 187 cm³/mol. The van der Waals surface area contributed by atoms with Crippen LogP contribution in [-0.2, 0) is 0 Å². The molecule has 1 aliphatic heterocycles. The topological polar surface area (TPSA) is 29.0 Å². The van der Waals surface area contributed by atoms with Crippen molar-refractivity contribution in [3.8, 4) is 22.4 Å². The SMILES string of the molecule is c1ccc2c3c(ccc2c1)-c1cccc2cccc(c12)N3c1nc2ccccc2nc1-c1cccc2sc3ccccc3c12. The average molecular weight is 578 g/mol. The van der Waals surface area contributed by atoms with Crippen LogP contribution in [0.5, 0.6) is 0 Å². The van der Waals surface area contributed by atoms with Crippen LogP contribution < -0.4 is 4.90 Å². The lowest BCUT2D eigenvalue weighted by atomic mass is 9.88. The van der Waals surface area contributed by atoms with Crippen LogP contribution in [-0.4, -0.2) is 9.97 Å². The molecule has 0 atom stereocenters. The van der Waals surface area contributed by atoms with Crippen molar-refractivity contribution in [3.63, 3.8) is 0 Å². The molecule has 0 amide bonds. The Kier molecular flexibility index (Phi) is 4.87. The number of para-hydroxylation sites is 2. The van der Waals surface area contributed by atoms with Crippen LogP contribution in [0.15, 0.2) is 140 Å². The van der Waals surface area contributed by atoms with Gasteiger partial charge < -0.3 is 0 Å². The van der Waals surface area contributed by atoms with Gasteiger partial charge in [0.15, 0.2) is 5.82 Å². The fourth-order valence-electron chi connectivity index (χ4n) is 7.09. The van der Waals surface area contributed by atoms with Gasteiger partial charge in [-0.25, -0.2) is 9.97 Å². The van der Waals surface area contributed by atoms with Gasteiger partial charge in [0.1, 0.15) is 5.69 Å². The van der Waals surface area contributed by atoms with Gasteiger partial charge in [-0.3, -0.25) is 4.90 Å². The predicted octanol–water partition coefficient (Wildman–Crippen LogP) is 11.4. The van der Waals surface area contributed by atoms with E-state index in [-0.39, 0.29) is 0 Å². The lowest BCUT2D eigenvalue weighted by Crippen LogP contribution is -2.18. The Hall–Kier alpha value is -5.58. The van der Waals surface area contributed by atoms with Crippen molar-refractivity contribution in [1.29, 1.82) is 0 Å². The molecule has 204 valence electrons. The van der Waals surface area contributed by atoms with E-state index in [2.05, 4.69) is 132 Å². The third-order valence-electron chi connectivity index (χ3n) is 8.96. The van der Waals surface area contributed by atoms with Crippen molar-refractivity contribution in [1.82, 2.24) is 9.97 Å². The number of aromatic nitrogens is 2. The summed E-state index contributed by atoms with van der Waals surface area (Å²) in [6.07, 6.45) is 0. The van der Waals surface area contributed by atoms with E-state index in [9.17, 15) is 0 Å². The van der Waals surface area contributed by atoms with Crippen molar-refractivity contribution in [2.24, 2.45) is 0 Å². The molecule has 0 N–H and O–H groups in total. The van der Waals surface area contributed by atoms with Crippen LogP contribution in [0.2, 0.25) is 0 Å². The van der Waals surface area contributed by atoms with E-state index in [1.54, 1.807) is 0 Å². The van der Waals surface area contributed by atoms with Gasteiger partial charge in [-0.15, -0.1) is 11.3 Å². The molecule has 1 aliphatic rings. The van der Waals surface area contributed by atoms with E-state index in [4.69, 9.17) is 9.97 Å². The monoisotopic (exact) mass is 577 g/mol. The Morgan fingerprint density at radius 2 is 1.14 bits per heavy atom. The number of hydrogen-bond acceptors (Lipinski definition) is 4. The number of hydrogen-bond donors (Lipinski definition) is 0. The maximum absolute atomic E-state index is 5.48. The second-order valence-corrected chi connectivity index (χ2v) is 12.4. The molecule has 3 nitrogen and oxygen atoms in total. The summed E-state index contributed by atoms with van der Waals surface area (Å²) >= 11 is 1.83. The standard InChI is InChI=1S/C40H23N3S/c1-2-13-26-24(10-1)22-23-28-27-15-7-11-25-12-8-19-33(36(25)27)43(39(26)28)40-38(41-31-17-4-5-18-32(31)42-40)30-16-9-21-35-37(30)29-14-3-6-20-34(29)44-35/h1-23H. The normalized spacial score (nSPS) is 12.5. The minimum Gasteiger partial charge on any atom is -0.291 e. The third kappa shape index (κ3) is 3.26. The summed E-state index contributed by atoms with van der Waals surface area (Å²) in [4.78, 5) is 13.3. The molecule has 0 fully saturated rings. The number of fused-ring (bicyclic) bond motifs is 8. The van der Waals surface area contributed by atoms with Crippen LogP contribution in [0, 0.1) is 0 Å². The molecule has 0 saturated heterocycles. The van der Waals surface area contributed by atoms with Crippen LogP contribution in [0.1, 0.15) is 0 Å². The highest BCUT2D eigenvalue weighted by atomic mass is 32.1. The Balaban J connectivity index is 1.40. The molecule has 0 saturated carbocycles. The molecule has 9 aromatic rings. The molecule has 2 aromatic heterocycles. The number of nitrogens with zero attached hydrogens (tertiary/aromatic N) is 3. The van der Waals surface area contributed by atoms with Crippen LogP contribution in [0.4, 0.5) is 17.2 Å². The molecule has 4 heteroatoms. The summed E-state index contributed by atoms with van der Waals surface area (Å²) in [6, 6.07) is 49.9. The highest BCUT2D eigenvalue weighted by Gasteiger charge is 2.31. The largest absolute Gasteiger partial charge is 0.291 e. The van der Waals surface area contributed by atoms with E-state index < -0.39 is 0 Å². The Labute approximate surface area is 257 Å². The summed E-state index contributed by atoms with van der Waals surface area (Å²) in [7, 11) is 0. The summed E-state index contributed by atoms with van der Waals surface area (Å²) in [5.41, 5.74) is 8.45. The zero-order valence-electron chi connectivity index (χ0n) is 23.5. The van der Waals surface area contributed by atoms with E-state index in [0.717, 1.165) is 39.5 Å². The van der Waals surface area contributed by atoms with E-state index in [0.29, 0.717) is 0 Å². The van der Waals surface area contributed by atoms with Gasteiger partial charge in [0, 0.05) is 42.1 Å². The molecule has 7 aromatic carbocycles. The lowest BCUT2D eigenvalue weighted by Gasteiger charge is -2.34. The fraction of sp³-hybridized carbons (Fsp3) is 0. The van der Waals surface area contributed by atoms with Crippen LogP contribution in [0.3, 0.4) is 0 Å². The smallest absolute Gasteiger partial charge is 0.165 e. The first-order chi connectivity index (χ1) is 21.8. The van der Waals surface area contributed by atoms with Gasteiger partial charge >= 0.3 is 0 Å². The fourth-order valence-corrected chi connectivity index (χ4v) is 8.22. The molecular weight excluding hydrogens is 555 g/mol. The Morgan fingerprint density at radius 1 is 0.455 bits per heavy atom. The van der Waals surface area contributed by atoms with Crippen molar-refractivity contribution in [2.75, 3.05) is 4.90 Å². The maximum atomic E-state index is 5.48. The molecule has 44 heavy (non-hydrogen) atoms. The summed E-state index contributed by atoms with van der Waals surface area (Å²) in [5, 5.41) is 7.32. The summed E-state index contributed by atoms with van der Waals surface area (Å²) in [6.45, 7) is 0. The lowest BCUT2D eigenvalue weighted by molar-refractivity contribution is 1.18. The molecule has 10 rings (SSSR count). The Morgan fingerprint density at radius 3 is 2.05 bits per heavy atom. The van der Waals surface area contributed by atoms with Crippen molar-refractivity contribution in [2.45, 2.75) is 0 Å². The maximum Gasteiger partial charge on any atom is 0.165 e. The second-order valence-electron chi connectivity index (χ2n) is 11.4. The van der Waals surface area contributed by atoms with Crippen molar-refractivity contribution < 1.29 is 0 Å². The molecule has 0 radical (unpaired) electrons. The zero-order chi connectivity index (χ0) is 28.8. The molecule has 0 unspecified atom stereocenters. The minimum absolute atomic E-state index is 0.839. The van der Waals surface area contributed by atoms with Crippen LogP contribution in [0.25, 0.3) is 75.1 Å². The minimum atomic E-state index is 0.839. The van der Waals surface area contributed by atoms with Gasteiger partial charge in [-0.05, 0) is 46.7 Å². The van der Waals surface area contributed by atoms with Crippen LogP contribution >= 0.6 is 11.3 Å².